The van der Waals surface area contributed by atoms with E-state index >= 15 is 0 Å². The smallest absolute Gasteiger partial charge is 0.253 e. The molecule has 1 aromatic heterocycles. The maximum absolute atomic E-state index is 13.2. The third kappa shape index (κ3) is 5.35. The van der Waals surface area contributed by atoms with E-state index in [2.05, 4.69) is 10.6 Å². The van der Waals surface area contributed by atoms with Gasteiger partial charge in [0.05, 0.1) is 34.9 Å². The SMILES string of the molecule is O=C(NCc1ccco1)c1ccccc1NC(=O)[C@@H]1CCCN(S(=O)(=O)c2ccc(F)cc2)C1. The van der Waals surface area contributed by atoms with Crippen LogP contribution in [0.25, 0.3) is 0 Å². The molecule has 1 aliphatic rings. The third-order valence-corrected chi connectivity index (χ3v) is 7.52. The number of benzene rings is 2. The molecule has 2 heterocycles. The van der Waals surface area contributed by atoms with Crippen LogP contribution in [-0.2, 0) is 21.4 Å². The predicted octanol–water partition coefficient (Wildman–Crippen LogP) is 3.39. The van der Waals surface area contributed by atoms with E-state index in [-0.39, 0.29) is 41.9 Å². The lowest BCUT2D eigenvalue weighted by molar-refractivity contribution is -0.120. The summed E-state index contributed by atoms with van der Waals surface area (Å²) < 4.78 is 45.6. The van der Waals surface area contributed by atoms with Gasteiger partial charge >= 0.3 is 0 Å². The number of anilines is 1. The molecule has 1 aliphatic heterocycles. The zero-order valence-electron chi connectivity index (χ0n) is 18.2. The molecule has 2 amide bonds. The maximum atomic E-state index is 13.2. The number of halogens is 1. The Labute approximate surface area is 196 Å². The molecule has 0 unspecified atom stereocenters. The van der Waals surface area contributed by atoms with Gasteiger partial charge in [0.15, 0.2) is 0 Å². The van der Waals surface area contributed by atoms with E-state index in [1.165, 1.54) is 22.7 Å². The fourth-order valence-electron chi connectivity index (χ4n) is 3.83. The number of para-hydroxylation sites is 1. The van der Waals surface area contributed by atoms with Gasteiger partial charge in [0.2, 0.25) is 15.9 Å². The van der Waals surface area contributed by atoms with Crippen molar-refractivity contribution < 1.29 is 26.8 Å². The van der Waals surface area contributed by atoms with Crippen LogP contribution in [0, 0.1) is 11.7 Å². The minimum Gasteiger partial charge on any atom is -0.467 e. The molecule has 0 bridgehead atoms. The first-order chi connectivity index (χ1) is 16.3. The fourth-order valence-corrected chi connectivity index (χ4v) is 5.35. The zero-order valence-corrected chi connectivity index (χ0v) is 19.1. The molecule has 178 valence electrons. The second kappa shape index (κ2) is 10.2. The Kier molecular flexibility index (Phi) is 7.09. The number of hydrogen-bond acceptors (Lipinski definition) is 5. The van der Waals surface area contributed by atoms with Gasteiger partial charge in [-0.1, -0.05) is 12.1 Å². The molecule has 0 aliphatic carbocycles. The maximum Gasteiger partial charge on any atom is 0.253 e. The number of nitrogens with zero attached hydrogens (tertiary/aromatic N) is 1. The van der Waals surface area contributed by atoms with Crippen LogP contribution in [0.1, 0.15) is 29.0 Å². The van der Waals surface area contributed by atoms with Crippen molar-refractivity contribution in [3.05, 3.63) is 84.1 Å². The van der Waals surface area contributed by atoms with Crippen LogP contribution < -0.4 is 10.6 Å². The lowest BCUT2D eigenvalue weighted by Crippen LogP contribution is -2.43. The number of hydrogen-bond donors (Lipinski definition) is 2. The van der Waals surface area contributed by atoms with E-state index in [4.69, 9.17) is 4.42 Å². The quantitative estimate of drug-likeness (QED) is 0.533. The van der Waals surface area contributed by atoms with E-state index in [9.17, 15) is 22.4 Å². The van der Waals surface area contributed by atoms with E-state index in [0.29, 0.717) is 24.3 Å². The van der Waals surface area contributed by atoms with Crippen molar-refractivity contribution in [1.82, 2.24) is 9.62 Å². The number of nitrogens with one attached hydrogen (secondary N) is 2. The Morgan fingerprint density at radius 2 is 1.82 bits per heavy atom. The Balaban J connectivity index is 1.43. The van der Waals surface area contributed by atoms with Crippen LogP contribution in [0.15, 0.2) is 76.2 Å². The van der Waals surface area contributed by atoms with Gasteiger partial charge in [-0.2, -0.15) is 4.31 Å². The summed E-state index contributed by atoms with van der Waals surface area (Å²) in [7, 11) is -3.85. The molecular formula is C24H24FN3O5S. The molecule has 0 saturated carbocycles. The van der Waals surface area contributed by atoms with Crippen LogP contribution in [-0.4, -0.2) is 37.6 Å². The average molecular weight is 486 g/mol. The number of carbonyl (C=O) groups excluding carboxylic acids is 2. The van der Waals surface area contributed by atoms with E-state index in [0.717, 1.165) is 12.1 Å². The lowest BCUT2D eigenvalue weighted by Gasteiger charge is -2.31. The number of amides is 2. The number of furan rings is 1. The summed E-state index contributed by atoms with van der Waals surface area (Å²) in [6, 6.07) is 14.7. The molecule has 0 radical (unpaired) electrons. The van der Waals surface area contributed by atoms with Crippen molar-refractivity contribution >= 4 is 27.5 Å². The highest BCUT2D eigenvalue weighted by Gasteiger charge is 2.33. The van der Waals surface area contributed by atoms with Crippen molar-refractivity contribution in [1.29, 1.82) is 0 Å². The van der Waals surface area contributed by atoms with Gasteiger partial charge < -0.3 is 15.1 Å². The largest absolute Gasteiger partial charge is 0.467 e. The lowest BCUT2D eigenvalue weighted by atomic mass is 9.98. The first-order valence-electron chi connectivity index (χ1n) is 10.8. The minimum absolute atomic E-state index is 0.00159. The molecule has 2 aromatic carbocycles. The van der Waals surface area contributed by atoms with Crippen LogP contribution >= 0.6 is 0 Å². The molecule has 1 saturated heterocycles. The van der Waals surface area contributed by atoms with Crippen molar-refractivity contribution in [2.45, 2.75) is 24.3 Å². The van der Waals surface area contributed by atoms with Crippen LogP contribution in [0.3, 0.4) is 0 Å². The Hall–Kier alpha value is -3.50. The summed E-state index contributed by atoms with van der Waals surface area (Å²) in [5.41, 5.74) is 0.622. The van der Waals surface area contributed by atoms with Gasteiger partial charge in [-0.05, 0) is 61.4 Å². The Morgan fingerprint density at radius 1 is 1.06 bits per heavy atom. The van der Waals surface area contributed by atoms with E-state index < -0.39 is 21.8 Å². The zero-order chi connectivity index (χ0) is 24.1. The Bertz CT molecular complexity index is 1260. The molecule has 1 fully saturated rings. The fraction of sp³-hybridized carbons (Fsp3) is 0.250. The van der Waals surface area contributed by atoms with Gasteiger partial charge in [0.1, 0.15) is 11.6 Å². The first kappa shape index (κ1) is 23.7. The highest BCUT2D eigenvalue weighted by molar-refractivity contribution is 7.89. The number of piperidine rings is 1. The number of sulfonamides is 1. The van der Waals surface area contributed by atoms with Crippen molar-refractivity contribution in [3.63, 3.8) is 0 Å². The molecule has 0 spiro atoms. The average Bonchev–Trinajstić information content (AvgIpc) is 3.37. The Morgan fingerprint density at radius 3 is 2.56 bits per heavy atom. The summed E-state index contributed by atoms with van der Waals surface area (Å²) in [5.74, 6) is -1.27. The summed E-state index contributed by atoms with van der Waals surface area (Å²) in [4.78, 5) is 25.7. The van der Waals surface area contributed by atoms with Gasteiger partial charge in [0, 0.05) is 13.1 Å². The normalized spacial score (nSPS) is 16.7. The molecule has 10 heteroatoms. The molecule has 3 aromatic rings. The monoisotopic (exact) mass is 485 g/mol. The number of carbonyl (C=O) groups is 2. The van der Waals surface area contributed by atoms with Crippen molar-refractivity contribution in [3.8, 4) is 0 Å². The molecule has 2 N–H and O–H groups in total. The first-order valence-corrected chi connectivity index (χ1v) is 12.2. The van der Waals surface area contributed by atoms with Crippen LogP contribution in [0.5, 0.6) is 0 Å². The summed E-state index contributed by atoms with van der Waals surface area (Å²) in [6.45, 7) is 0.473. The van der Waals surface area contributed by atoms with Crippen molar-refractivity contribution in [2.75, 3.05) is 18.4 Å². The molecule has 4 rings (SSSR count). The third-order valence-electron chi connectivity index (χ3n) is 5.64. The predicted molar refractivity (Wildman–Crippen MR) is 123 cm³/mol. The molecule has 34 heavy (non-hydrogen) atoms. The van der Waals surface area contributed by atoms with Gasteiger partial charge in [-0.3, -0.25) is 9.59 Å². The summed E-state index contributed by atoms with van der Waals surface area (Å²) in [5, 5.41) is 5.52. The second-order valence-electron chi connectivity index (χ2n) is 7.95. The van der Waals surface area contributed by atoms with Crippen LogP contribution in [0.2, 0.25) is 0 Å². The highest BCUT2D eigenvalue weighted by Crippen LogP contribution is 2.26. The van der Waals surface area contributed by atoms with Gasteiger partial charge in [-0.15, -0.1) is 0 Å². The molecular weight excluding hydrogens is 461 g/mol. The van der Waals surface area contributed by atoms with Gasteiger partial charge in [0.25, 0.3) is 5.91 Å². The highest BCUT2D eigenvalue weighted by atomic mass is 32.2. The van der Waals surface area contributed by atoms with E-state index in [1.807, 2.05) is 0 Å². The number of rotatable bonds is 7. The molecule has 8 nitrogen and oxygen atoms in total. The van der Waals surface area contributed by atoms with Gasteiger partial charge in [-0.25, -0.2) is 12.8 Å². The second-order valence-corrected chi connectivity index (χ2v) is 9.89. The summed E-state index contributed by atoms with van der Waals surface area (Å²) >= 11 is 0. The molecule has 1 atom stereocenters. The summed E-state index contributed by atoms with van der Waals surface area (Å²) in [6.07, 6.45) is 2.53. The minimum atomic E-state index is -3.85. The van der Waals surface area contributed by atoms with Crippen molar-refractivity contribution in [2.24, 2.45) is 5.92 Å². The van der Waals surface area contributed by atoms with E-state index in [1.54, 1.807) is 36.4 Å². The van der Waals surface area contributed by atoms with Crippen LogP contribution in [0.4, 0.5) is 10.1 Å². The standard InChI is InChI=1S/C24H24FN3O5S/c25-18-9-11-20(12-10-18)34(31,32)28-13-3-5-17(16-28)23(29)27-22-8-2-1-7-21(22)24(30)26-15-19-6-4-14-33-19/h1-2,4,6-12,14,17H,3,5,13,15-16H2,(H,26,30)(H,27,29)/t17-/m1/s1. The topological polar surface area (TPSA) is 109 Å².